The zero-order chi connectivity index (χ0) is 19.4. The van der Waals surface area contributed by atoms with Gasteiger partial charge in [0.1, 0.15) is 18.0 Å². The number of para-hydroxylation sites is 1. The first-order valence-corrected chi connectivity index (χ1v) is 8.92. The van der Waals surface area contributed by atoms with Crippen molar-refractivity contribution in [1.29, 1.82) is 0 Å². The van der Waals surface area contributed by atoms with Crippen LogP contribution in [0.5, 0.6) is 11.5 Å². The van der Waals surface area contributed by atoms with Gasteiger partial charge in [0.15, 0.2) is 5.60 Å². The van der Waals surface area contributed by atoms with Gasteiger partial charge in [-0.15, -0.1) is 0 Å². The molecule has 6 heteroatoms. The molecule has 142 valence electrons. The molecule has 1 spiro atoms. The van der Waals surface area contributed by atoms with E-state index < -0.39 is 18.3 Å². The summed E-state index contributed by atoms with van der Waals surface area (Å²) in [5.41, 5.74) is 3.31. The van der Waals surface area contributed by atoms with Crippen LogP contribution in [0.2, 0.25) is 0 Å². The maximum atomic E-state index is 12.6. The summed E-state index contributed by atoms with van der Waals surface area (Å²) in [4.78, 5) is 0. The zero-order valence-electron chi connectivity index (χ0n) is 14.7. The number of hydrogen-bond donors (Lipinski definition) is 1. The number of rotatable bonds is 2. The predicted molar refractivity (Wildman–Crippen MR) is 98.6 cm³/mol. The van der Waals surface area contributed by atoms with E-state index in [1.807, 2.05) is 48.5 Å². The molecule has 28 heavy (non-hydrogen) atoms. The first-order chi connectivity index (χ1) is 13.5. The number of halogens is 3. The van der Waals surface area contributed by atoms with Gasteiger partial charge in [-0.05, 0) is 29.3 Å². The van der Waals surface area contributed by atoms with E-state index in [-0.39, 0.29) is 0 Å². The molecule has 0 aromatic heterocycles. The topological polar surface area (TPSA) is 30.5 Å². The highest BCUT2D eigenvalue weighted by molar-refractivity contribution is 5.66. The Labute approximate surface area is 159 Å². The number of anilines is 1. The highest BCUT2D eigenvalue weighted by atomic mass is 19.4. The van der Waals surface area contributed by atoms with Gasteiger partial charge in [0, 0.05) is 22.9 Å². The molecule has 2 aliphatic heterocycles. The fourth-order valence-corrected chi connectivity index (χ4v) is 4.02. The second-order valence-corrected chi connectivity index (χ2v) is 6.90. The Bertz CT molecular complexity index is 1060. The predicted octanol–water partition coefficient (Wildman–Crippen LogP) is 5.59. The van der Waals surface area contributed by atoms with Gasteiger partial charge in [-0.2, -0.15) is 13.2 Å². The lowest BCUT2D eigenvalue weighted by atomic mass is 9.78. The molecule has 3 nitrogen and oxygen atoms in total. The van der Waals surface area contributed by atoms with Gasteiger partial charge in [-0.25, -0.2) is 0 Å². The van der Waals surface area contributed by atoms with Crippen molar-refractivity contribution in [2.75, 3.05) is 11.9 Å². The van der Waals surface area contributed by atoms with Gasteiger partial charge in [-0.3, -0.25) is 0 Å². The molecule has 0 amide bonds. The molecule has 1 unspecified atom stereocenters. The van der Waals surface area contributed by atoms with Crippen molar-refractivity contribution in [1.82, 2.24) is 0 Å². The Morgan fingerprint density at radius 1 is 0.857 bits per heavy atom. The number of benzene rings is 3. The summed E-state index contributed by atoms with van der Waals surface area (Å²) in [5.74, 6) is 1.13. The molecular formula is C22H16F3NO2. The minimum Gasteiger partial charge on any atom is -0.456 e. The lowest BCUT2D eigenvalue weighted by Gasteiger charge is -2.37. The van der Waals surface area contributed by atoms with Gasteiger partial charge in [-0.1, -0.05) is 42.5 Å². The molecular weight excluding hydrogens is 367 g/mol. The lowest BCUT2D eigenvalue weighted by molar-refractivity contribution is -0.115. The normalized spacial score (nSPS) is 19.5. The Hall–Kier alpha value is -2.99. The minimum absolute atomic E-state index is 0.344. The monoisotopic (exact) mass is 383 g/mol. The van der Waals surface area contributed by atoms with Crippen LogP contribution in [0.25, 0.3) is 0 Å². The van der Waals surface area contributed by atoms with Crippen molar-refractivity contribution in [3.8, 4) is 11.5 Å². The van der Waals surface area contributed by atoms with Crippen LogP contribution in [0.15, 0.2) is 66.7 Å². The second kappa shape index (κ2) is 6.01. The Morgan fingerprint density at radius 2 is 1.57 bits per heavy atom. The molecule has 0 aliphatic carbocycles. The largest absolute Gasteiger partial charge is 0.456 e. The maximum absolute atomic E-state index is 12.6. The summed E-state index contributed by atoms with van der Waals surface area (Å²) in [6, 6.07) is 20.6. The van der Waals surface area contributed by atoms with Crippen molar-refractivity contribution in [2.24, 2.45) is 0 Å². The summed E-state index contributed by atoms with van der Waals surface area (Å²) in [5, 5.41) is 2.41. The van der Waals surface area contributed by atoms with E-state index in [0.29, 0.717) is 23.8 Å². The first-order valence-electron chi connectivity index (χ1n) is 8.92. The summed E-state index contributed by atoms with van der Waals surface area (Å²) in [6.45, 7) is -0.648. The average Bonchev–Trinajstić information content (AvgIpc) is 3.06. The Balaban J connectivity index is 1.66. The number of hydrogen-bond acceptors (Lipinski definition) is 3. The van der Waals surface area contributed by atoms with E-state index in [4.69, 9.17) is 9.47 Å². The quantitative estimate of drug-likeness (QED) is 0.626. The van der Waals surface area contributed by atoms with Crippen LogP contribution in [0.4, 0.5) is 18.9 Å². The van der Waals surface area contributed by atoms with Crippen molar-refractivity contribution >= 4 is 5.69 Å². The molecule has 0 bridgehead atoms. The molecule has 1 atom stereocenters. The summed E-state index contributed by atoms with van der Waals surface area (Å²) < 4.78 is 50.1. The van der Waals surface area contributed by atoms with Crippen LogP contribution < -0.4 is 10.1 Å². The summed E-state index contributed by atoms with van der Waals surface area (Å²) in [6.07, 6.45) is -4.29. The maximum Gasteiger partial charge on any atom is 0.405 e. The lowest BCUT2D eigenvalue weighted by Crippen LogP contribution is -2.32. The smallest absolute Gasteiger partial charge is 0.405 e. The van der Waals surface area contributed by atoms with Crippen LogP contribution in [-0.4, -0.2) is 12.7 Å². The van der Waals surface area contributed by atoms with E-state index in [1.165, 1.54) is 0 Å². The van der Waals surface area contributed by atoms with Gasteiger partial charge >= 0.3 is 6.18 Å². The third-order valence-corrected chi connectivity index (χ3v) is 5.18. The van der Waals surface area contributed by atoms with Gasteiger partial charge in [0.05, 0.1) is 6.61 Å². The van der Waals surface area contributed by atoms with Crippen LogP contribution in [-0.2, 0) is 16.9 Å². The van der Waals surface area contributed by atoms with E-state index in [2.05, 4.69) is 5.32 Å². The highest BCUT2D eigenvalue weighted by Crippen LogP contribution is 2.56. The average molecular weight is 383 g/mol. The van der Waals surface area contributed by atoms with Crippen LogP contribution in [0.1, 0.15) is 22.3 Å². The van der Waals surface area contributed by atoms with Crippen molar-refractivity contribution in [2.45, 2.75) is 18.4 Å². The van der Waals surface area contributed by atoms with Gasteiger partial charge in [0.2, 0.25) is 0 Å². The molecule has 0 fully saturated rings. The molecule has 5 rings (SSSR count). The summed E-state index contributed by atoms with van der Waals surface area (Å²) in [7, 11) is 0. The number of ether oxygens (including phenoxy) is 2. The van der Waals surface area contributed by atoms with Gasteiger partial charge in [0.25, 0.3) is 0 Å². The fraction of sp³-hybridized carbons (Fsp3) is 0.182. The fourth-order valence-electron chi connectivity index (χ4n) is 4.02. The number of alkyl halides is 3. The molecule has 2 aliphatic rings. The van der Waals surface area contributed by atoms with Crippen LogP contribution >= 0.6 is 0 Å². The third kappa shape index (κ3) is 2.56. The van der Waals surface area contributed by atoms with Crippen LogP contribution in [0.3, 0.4) is 0 Å². The molecule has 0 saturated heterocycles. The summed E-state index contributed by atoms with van der Waals surface area (Å²) >= 11 is 0. The third-order valence-electron chi connectivity index (χ3n) is 5.18. The Kier molecular flexibility index (Phi) is 3.67. The second-order valence-electron chi connectivity index (χ2n) is 6.90. The standard InChI is InChI=1S/C22H16F3NO2/c23-21(24,25)13-26-15-9-10-18-20(11-15)28-19-8-4-3-7-17(19)22(18)16-6-2-1-5-14(16)12-27-22/h1-11,26H,12-13H2. The van der Waals surface area contributed by atoms with E-state index in [1.54, 1.807) is 18.2 Å². The molecule has 2 heterocycles. The number of fused-ring (bicyclic) bond motifs is 6. The Morgan fingerprint density at radius 3 is 2.39 bits per heavy atom. The molecule has 0 radical (unpaired) electrons. The van der Waals surface area contributed by atoms with Crippen molar-refractivity contribution in [3.05, 3.63) is 89.0 Å². The highest BCUT2D eigenvalue weighted by Gasteiger charge is 2.49. The molecule has 1 N–H and O–H groups in total. The van der Waals surface area contributed by atoms with Crippen molar-refractivity contribution in [3.63, 3.8) is 0 Å². The molecule has 3 aromatic carbocycles. The van der Waals surface area contributed by atoms with Crippen LogP contribution in [0, 0.1) is 0 Å². The van der Waals surface area contributed by atoms with E-state index >= 15 is 0 Å². The first kappa shape index (κ1) is 17.1. The van der Waals surface area contributed by atoms with E-state index in [0.717, 1.165) is 22.3 Å². The van der Waals surface area contributed by atoms with E-state index in [9.17, 15) is 13.2 Å². The SMILES string of the molecule is FC(F)(F)CNc1ccc2c(c1)Oc1ccccc1C21OCc2ccccc21. The van der Waals surface area contributed by atoms with Crippen molar-refractivity contribution < 1.29 is 22.6 Å². The van der Waals surface area contributed by atoms with Gasteiger partial charge < -0.3 is 14.8 Å². The zero-order valence-corrected chi connectivity index (χ0v) is 14.7. The molecule has 3 aromatic rings. The molecule has 0 saturated carbocycles. The minimum atomic E-state index is -4.29. The number of nitrogens with one attached hydrogen (secondary N) is 1.